The Kier molecular flexibility index (Phi) is 5.01. The van der Waals surface area contributed by atoms with Crippen LogP contribution in [0.3, 0.4) is 0 Å². The van der Waals surface area contributed by atoms with Crippen molar-refractivity contribution in [2.24, 2.45) is 17.8 Å². The average Bonchev–Trinajstić information content (AvgIpc) is 3.47. The van der Waals surface area contributed by atoms with Crippen LogP contribution in [0.25, 0.3) is 22.2 Å². The molecule has 0 radical (unpaired) electrons. The van der Waals surface area contributed by atoms with Crippen LogP contribution in [0.15, 0.2) is 30.5 Å². The molecule has 5 nitrogen and oxygen atoms in total. The van der Waals surface area contributed by atoms with Gasteiger partial charge >= 0.3 is 0 Å². The van der Waals surface area contributed by atoms with Gasteiger partial charge in [0.2, 0.25) is 0 Å². The minimum absolute atomic E-state index is 0.526. The van der Waals surface area contributed by atoms with Crippen LogP contribution >= 0.6 is 11.6 Å². The van der Waals surface area contributed by atoms with E-state index >= 15 is 0 Å². The lowest BCUT2D eigenvalue weighted by Gasteiger charge is -2.31. The lowest BCUT2D eigenvalue weighted by Crippen LogP contribution is -2.38. The third-order valence-corrected chi connectivity index (χ3v) is 8.22. The highest BCUT2D eigenvalue weighted by Gasteiger charge is 2.46. The first kappa shape index (κ1) is 19.7. The first-order valence-electron chi connectivity index (χ1n) is 11.6. The van der Waals surface area contributed by atoms with Crippen LogP contribution in [0.5, 0.6) is 0 Å². The maximum Gasteiger partial charge on any atom is 0.100 e. The lowest BCUT2D eigenvalue weighted by atomic mass is 9.81. The van der Waals surface area contributed by atoms with Crippen molar-refractivity contribution in [1.29, 1.82) is 0 Å². The molecule has 3 fully saturated rings. The van der Waals surface area contributed by atoms with E-state index in [1.807, 2.05) is 19.2 Å². The molecule has 162 valence electrons. The number of H-pyrrole nitrogens is 1. The smallest absolute Gasteiger partial charge is 0.100 e. The van der Waals surface area contributed by atoms with Crippen molar-refractivity contribution in [1.82, 2.24) is 20.5 Å². The molecule has 4 heterocycles. The molecule has 1 aromatic carbocycles. The van der Waals surface area contributed by atoms with Crippen molar-refractivity contribution in [2.45, 2.75) is 44.6 Å². The van der Waals surface area contributed by atoms with Crippen LogP contribution in [-0.2, 0) is 4.74 Å². The highest BCUT2D eigenvalue weighted by molar-refractivity contribution is 6.32. The summed E-state index contributed by atoms with van der Waals surface area (Å²) < 4.78 is 5.61. The van der Waals surface area contributed by atoms with E-state index in [0.717, 1.165) is 70.4 Å². The van der Waals surface area contributed by atoms with Gasteiger partial charge in [0.1, 0.15) is 5.69 Å². The molecule has 2 saturated heterocycles. The van der Waals surface area contributed by atoms with Crippen LogP contribution < -0.4 is 5.32 Å². The Labute approximate surface area is 187 Å². The lowest BCUT2D eigenvalue weighted by molar-refractivity contribution is 0.0496. The maximum absolute atomic E-state index is 6.82. The van der Waals surface area contributed by atoms with E-state index in [2.05, 4.69) is 38.7 Å². The number of hydrogen-bond acceptors (Lipinski definition) is 4. The molecule has 0 unspecified atom stereocenters. The Hall–Kier alpha value is -1.95. The average molecular weight is 437 g/mol. The second-order valence-corrected chi connectivity index (χ2v) is 10.1. The normalized spacial score (nSPS) is 29.0. The fourth-order valence-electron chi connectivity index (χ4n) is 6.40. The van der Waals surface area contributed by atoms with Crippen LogP contribution in [0, 0.1) is 24.7 Å². The molecule has 1 aliphatic carbocycles. The monoisotopic (exact) mass is 436 g/mol. The summed E-state index contributed by atoms with van der Waals surface area (Å²) in [6.07, 6.45) is 6.70. The zero-order chi connectivity index (χ0) is 20.9. The summed E-state index contributed by atoms with van der Waals surface area (Å²) in [6, 6.07) is 9.13. The highest BCUT2D eigenvalue weighted by atomic mass is 35.5. The molecule has 3 aliphatic rings. The molecule has 2 aliphatic heterocycles. The van der Waals surface area contributed by atoms with Gasteiger partial charge in [0.15, 0.2) is 0 Å². The summed E-state index contributed by atoms with van der Waals surface area (Å²) in [5, 5.41) is 13.7. The Morgan fingerprint density at radius 3 is 2.81 bits per heavy atom. The molecule has 0 bridgehead atoms. The molecule has 2 aromatic heterocycles. The fraction of sp³-hybridized carbons (Fsp3) is 0.520. The van der Waals surface area contributed by atoms with Gasteiger partial charge in [-0.1, -0.05) is 11.6 Å². The first-order chi connectivity index (χ1) is 15.2. The number of aryl methyl sites for hydroxylation is 1. The number of ether oxygens (including phenoxy) is 1. The largest absolute Gasteiger partial charge is 0.381 e. The van der Waals surface area contributed by atoms with Crippen molar-refractivity contribution in [2.75, 3.05) is 19.8 Å². The van der Waals surface area contributed by atoms with Crippen molar-refractivity contribution in [3.05, 3.63) is 46.7 Å². The van der Waals surface area contributed by atoms with Gasteiger partial charge in [-0.2, -0.15) is 5.10 Å². The van der Waals surface area contributed by atoms with Gasteiger partial charge in [0.05, 0.1) is 5.52 Å². The topological polar surface area (TPSA) is 62.8 Å². The second kappa shape index (κ2) is 7.88. The number of hydrogen-bond donors (Lipinski definition) is 2. The van der Waals surface area contributed by atoms with Crippen molar-refractivity contribution in [3.8, 4) is 11.3 Å². The van der Waals surface area contributed by atoms with Crippen LogP contribution in [0.4, 0.5) is 0 Å². The predicted molar refractivity (Wildman–Crippen MR) is 123 cm³/mol. The van der Waals surface area contributed by atoms with E-state index in [1.54, 1.807) is 0 Å². The Bertz CT molecular complexity index is 1110. The number of aromatic amines is 1. The van der Waals surface area contributed by atoms with Gasteiger partial charge in [-0.15, -0.1) is 0 Å². The first-order valence-corrected chi connectivity index (χ1v) is 12.0. The van der Waals surface area contributed by atoms with E-state index < -0.39 is 0 Å². The number of rotatable bonds is 3. The van der Waals surface area contributed by atoms with Crippen LogP contribution in [0.1, 0.15) is 42.9 Å². The number of fused-ring (bicyclic) bond motifs is 2. The van der Waals surface area contributed by atoms with Gasteiger partial charge < -0.3 is 10.1 Å². The minimum Gasteiger partial charge on any atom is -0.381 e. The molecule has 0 amide bonds. The predicted octanol–water partition coefficient (Wildman–Crippen LogP) is 5.09. The van der Waals surface area contributed by atoms with E-state index in [4.69, 9.17) is 16.3 Å². The summed E-state index contributed by atoms with van der Waals surface area (Å²) in [5.74, 6) is 2.80. The number of aromatic nitrogens is 3. The Balaban J connectivity index is 1.31. The number of benzene rings is 1. The molecule has 4 atom stereocenters. The zero-order valence-electron chi connectivity index (χ0n) is 17.9. The third-order valence-electron chi connectivity index (χ3n) is 7.89. The minimum atomic E-state index is 0.526. The molecular formula is C25H29ClN4O. The Morgan fingerprint density at radius 1 is 1.10 bits per heavy atom. The zero-order valence-corrected chi connectivity index (χ0v) is 18.7. The van der Waals surface area contributed by atoms with Gasteiger partial charge in [0.25, 0.3) is 0 Å². The standard InChI is InChI=1S/C25H29ClN4O/c1-14-8-16(2-5-27-14)25-21-11-19(22(26)12-23(21)29-30-25)17-9-18-13-28-24(20(18)10-17)15-3-6-31-7-4-15/h2,5,8,11-12,15,17-18,20,24,28H,3-4,6-7,9-10,13H2,1H3,(H,29,30)/t17-,18+,20-,24-/m0/s1. The van der Waals surface area contributed by atoms with Gasteiger partial charge in [-0.3, -0.25) is 10.1 Å². The molecule has 1 saturated carbocycles. The number of nitrogens with zero attached hydrogens (tertiary/aromatic N) is 2. The van der Waals surface area contributed by atoms with Crippen LogP contribution in [-0.4, -0.2) is 41.0 Å². The molecule has 2 N–H and O–H groups in total. The third kappa shape index (κ3) is 3.47. The summed E-state index contributed by atoms with van der Waals surface area (Å²) in [6.45, 7) is 5.00. The second-order valence-electron chi connectivity index (χ2n) is 9.65. The van der Waals surface area contributed by atoms with Gasteiger partial charge in [-0.25, -0.2) is 0 Å². The molecular weight excluding hydrogens is 408 g/mol. The van der Waals surface area contributed by atoms with E-state index in [-0.39, 0.29) is 0 Å². The number of nitrogens with one attached hydrogen (secondary N) is 2. The van der Waals surface area contributed by atoms with E-state index in [0.29, 0.717) is 12.0 Å². The number of halogens is 1. The van der Waals surface area contributed by atoms with Crippen molar-refractivity contribution < 1.29 is 4.74 Å². The molecule has 31 heavy (non-hydrogen) atoms. The SMILES string of the molecule is Cc1cc(-c2n[nH]c3cc(Cl)c([C@H]4C[C@@H]5CN[C@@H](C6CCOCC6)[C@H]5C4)cc23)ccn1. The fourth-order valence-corrected chi connectivity index (χ4v) is 6.71. The summed E-state index contributed by atoms with van der Waals surface area (Å²) in [5.41, 5.74) is 5.37. The van der Waals surface area contributed by atoms with Gasteiger partial charge in [-0.05, 0) is 92.7 Å². The molecule has 6 rings (SSSR count). The molecule has 0 spiro atoms. The molecule has 6 heteroatoms. The Morgan fingerprint density at radius 2 is 1.97 bits per heavy atom. The number of pyridine rings is 1. The van der Waals surface area contributed by atoms with E-state index in [9.17, 15) is 0 Å². The molecule has 3 aromatic rings. The summed E-state index contributed by atoms with van der Waals surface area (Å²) in [7, 11) is 0. The van der Waals surface area contributed by atoms with Crippen molar-refractivity contribution in [3.63, 3.8) is 0 Å². The van der Waals surface area contributed by atoms with Crippen molar-refractivity contribution >= 4 is 22.5 Å². The maximum atomic E-state index is 6.82. The quantitative estimate of drug-likeness (QED) is 0.599. The summed E-state index contributed by atoms with van der Waals surface area (Å²) in [4.78, 5) is 4.33. The van der Waals surface area contributed by atoms with Crippen LogP contribution in [0.2, 0.25) is 5.02 Å². The highest BCUT2D eigenvalue weighted by Crippen LogP contribution is 2.50. The summed E-state index contributed by atoms with van der Waals surface area (Å²) >= 11 is 6.82. The van der Waals surface area contributed by atoms with Gasteiger partial charge in [0, 0.05) is 47.1 Å². The van der Waals surface area contributed by atoms with E-state index in [1.165, 1.54) is 31.2 Å².